The zero-order valence-corrected chi connectivity index (χ0v) is 15.1. The van der Waals surface area contributed by atoms with Gasteiger partial charge in [0.1, 0.15) is 23.1 Å². The Hall–Kier alpha value is -1.43. The van der Waals surface area contributed by atoms with E-state index in [4.69, 9.17) is 18.9 Å². The lowest BCUT2D eigenvalue weighted by Gasteiger charge is -2.40. The van der Waals surface area contributed by atoms with Crippen LogP contribution in [0.4, 0.5) is 0 Å². The third-order valence-corrected chi connectivity index (χ3v) is 6.04. The van der Waals surface area contributed by atoms with Crippen molar-refractivity contribution in [2.24, 2.45) is 11.8 Å². The summed E-state index contributed by atoms with van der Waals surface area (Å²) in [6, 6.07) is 9.78. The van der Waals surface area contributed by atoms with Crippen LogP contribution >= 0.6 is 0 Å². The van der Waals surface area contributed by atoms with Crippen LogP contribution in [-0.4, -0.2) is 49.5 Å². The Morgan fingerprint density at radius 2 is 2.00 bits per heavy atom. The maximum atomic E-state index is 12.6. The molecule has 136 valence electrons. The molecule has 0 N–H and O–H groups in total. The Kier molecular flexibility index (Phi) is 4.13. The first-order valence-electron chi connectivity index (χ1n) is 9.06. The molecule has 1 aliphatic carbocycles. The summed E-state index contributed by atoms with van der Waals surface area (Å²) in [4.78, 5) is 12.6. The summed E-state index contributed by atoms with van der Waals surface area (Å²) in [7, 11) is 1.61. The van der Waals surface area contributed by atoms with Gasteiger partial charge >= 0.3 is 0 Å². The average molecular weight is 346 g/mol. The molecule has 0 bridgehead atoms. The topological polar surface area (TPSA) is 60.6 Å². The number of para-hydroxylation sites is 1. The lowest BCUT2D eigenvalue weighted by atomic mass is 9.66. The van der Waals surface area contributed by atoms with Gasteiger partial charge in [0, 0.05) is 19.4 Å². The number of hydrogen-bond donors (Lipinski definition) is 0. The number of methoxy groups -OCH3 is 1. The van der Waals surface area contributed by atoms with Crippen LogP contribution in [0.15, 0.2) is 30.3 Å². The molecular formula is C20H26O5. The summed E-state index contributed by atoms with van der Waals surface area (Å²) in [6.07, 6.45) is 1.18. The van der Waals surface area contributed by atoms with Crippen LogP contribution in [0.3, 0.4) is 0 Å². The van der Waals surface area contributed by atoms with E-state index in [-0.39, 0.29) is 34.9 Å². The van der Waals surface area contributed by atoms with Crippen molar-refractivity contribution in [1.29, 1.82) is 0 Å². The van der Waals surface area contributed by atoms with E-state index in [0.29, 0.717) is 13.2 Å². The molecule has 3 aliphatic rings. The van der Waals surface area contributed by atoms with Crippen molar-refractivity contribution >= 4 is 5.78 Å². The predicted molar refractivity (Wildman–Crippen MR) is 91.6 cm³/mol. The van der Waals surface area contributed by atoms with Crippen molar-refractivity contribution in [2.45, 2.75) is 50.1 Å². The zero-order chi connectivity index (χ0) is 17.7. The number of epoxide rings is 2. The molecule has 4 rings (SSSR count). The van der Waals surface area contributed by atoms with Crippen molar-refractivity contribution in [3.8, 4) is 5.75 Å². The minimum absolute atomic E-state index is 0.0223. The molecule has 2 aliphatic heterocycles. The summed E-state index contributed by atoms with van der Waals surface area (Å²) in [6.45, 7) is 5.34. The van der Waals surface area contributed by atoms with E-state index in [1.54, 1.807) is 7.11 Å². The van der Waals surface area contributed by atoms with Crippen LogP contribution in [0.25, 0.3) is 0 Å². The molecule has 0 amide bonds. The van der Waals surface area contributed by atoms with Gasteiger partial charge in [0.05, 0.1) is 25.2 Å². The Labute approximate surface area is 148 Å². The molecule has 5 nitrogen and oxygen atoms in total. The quantitative estimate of drug-likeness (QED) is 0.741. The summed E-state index contributed by atoms with van der Waals surface area (Å²) < 4.78 is 23.3. The summed E-state index contributed by atoms with van der Waals surface area (Å²) >= 11 is 0. The van der Waals surface area contributed by atoms with Gasteiger partial charge in [0.2, 0.25) is 0 Å². The molecule has 2 heterocycles. The van der Waals surface area contributed by atoms with Crippen molar-refractivity contribution in [1.82, 2.24) is 0 Å². The zero-order valence-electron chi connectivity index (χ0n) is 15.1. The highest BCUT2D eigenvalue weighted by atomic mass is 16.6. The van der Waals surface area contributed by atoms with Gasteiger partial charge in [0.15, 0.2) is 5.78 Å². The highest BCUT2D eigenvalue weighted by molar-refractivity contribution is 5.87. The maximum absolute atomic E-state index is 12.6. The van der Waals surface area contributed by atoms with Crippen molar-refractivity contribution in [2.75, 3.05) is 20.3 Å². The Balaban J connectivity index is 1.41. The van der Waals surface area contributed by atoms with E-state index in [9.17, 15) is 4.79 Å². The number of hydrogen-bond acceptors (Lipinski definition) is 5. The minimum Gasteiger partial charge on any atom is -0.493 e. The molecule has 0 radical (unpaired) electrons. The molecule has 0 aromatic heterocycles. The second-order valence-electron chi connectivity index (χ2n) is 7.74. The smallest absolute Gasteiger partial charge is 0.164 e. The van der Waals surface area contributed by atoms with Gasteiger partial charge < -0.3 is 18.9 Å². The van der Waals surface area contributed by atoms with Gasteiger partial charge in [-0.15, -0.1) is 0 Å². The first-order chi connectivity index (χ1) is 12.0. The van der Waals surface area contributed by atoms with Crippen LogP contribution in [-0.2, 0) is 19.0 Å². The molecule has 25 heavy (non-hydrogen) atoms. The number of carbonyl (C=O) groups excluding carboxylic acids is 1. The van der Waals surface area contributed by atoms with Gasteiger partial charge in [-0.1, -0.05) is 25.1 Å². The van der Waals surface area contributed by atoms with Crippen molar-refractivity contribution in [3.63, 3.8) is 0 Å². The number of ether oxygens (including phenoxy) is 4. The molecule has 1 unspecified atom stereocenters. The molecule has 6 atom stereocenters. The molecule has 1 saturated carbocycles. The van der Waals surface area contributed by atoms with Crippen molar-refractivity contribution < 1.29 is 23.7 Å². The number of benzene rings is 1. The lowest BCUT2D eigenvalue weighted by molar-refractivity contribution is -0.148. The molecular weight excluding hydrogens is 320 g/mol. The summed E-state index contributed by atoms with van der Waals surface area (Å²) in [5.41, 5.74) is -0.634. The molecule has 1 aromatic carbocycles. The number of carbonyl (C=O) groups is 1. The van der Waals surface area contributed by atoms with Crippen LogP contribution in [0, 0.1) is 11.8 Å². The second-order valence-corrected chi connectivity index (χ2v) is 7.74. The van der Waals surface area contributed by atoms with Crippen LogP contribution in [0.5, 0.6) is 5.75 Å². The van der Waals surface area contributed by atoms with Gasteiger partial charge in [-0.05, 0) is 25.5 Å². The highest BCUT2D eigenvalue weighted by Gasteiger charge is 2.72. The van der Waals surface area contributed by atoms with E-state index in [2.05, 4.69) is 6.92 Å². The molecule has 1 aromatic rings. The fraction of sp³-hybridized carbons (Fsp3) is 0.650. The average Bonchev–Trinajstić information content (AvgIpc) is 3.51. The van der Waals surface area contributed by atoms with E-state index in [1.807, 2.05) is 37.3 Å². The lowest BCUT2D eigenvalue weighted by Crippen LogP contribution is -2.55. The summed E-state index contributed by atoms with van der Waals surface area (Å²) in [5.74, 6) is 0.967. The Morgan fingerprint density at radius 1 is 1.28 bits per heavy atom. The largest absolute Gasteiger partial charge is 0.493 e. The second kappa shape index (κ2) is 6.08. The van der Waals surface area contributed by atoms with Gasteiger partial charge in [-0.3, -0.25) is 4.79 Å². The highest BCUT2D eigenvalue weighted by Crippen LogP contribution is 2.59. The number of rotatable bonds is 6. The fourth-order valence-corrected chi connectivity index (χ4v) is 4.62. The fourth-order valence-electron chi connectivity index (χ4n) is 4.62. The predicted octanol–water partition coefficient (Wildman–Crippen LogP) is 2.62. The third-order valence-electron chi connectivity index (χ3n) is 6.04. The Morgan fingerprint density at radius 3 is 2.64 bits per heavy atom. The van der Waals surface area contributed by atoms with Gasteiger partial charge in [-0.25, -0.2) is 0 Å². The molecule has 3 fully saturated rings. The normalized spacial score (nSPS) is 42.4. The standard InChI is InChI=1S/C20H26O5/c1-13-11-20(12-24-20)18(17(22-3)16(13)21)19(2)15(25-19)9-10-23-14-7-5-4-6-8-14/h4-8,13,15,17-18H,9-12H2,1-3H3/t13-,15-,17-,18-,19?,20+/m1/s1. The molecule has 5 heteroatoms. The van der Waals surface area contributed by atoms with Gasteiger partial charge in [-0.2, -0.15) is 0 Å². The van der Waals surface area contributed by atoms with Crippen LogP contribution < -0.4 is 4.74 Å². The van der Waals surface area contributed by atoms with E-state index in [1.165, 1.54) is 0 Å². The maximum Gasteiger partial charge on any atom is 0.164 e. The minimum atomic E-state index is -0.448. The number of Topliss-reactive ketones (excluding diaryl/α,β-unsaturated/α-hetero) is 1. The monoisotopic (exact) mass is 346 g/mol. The summed E-state index contributed by atoms with van der Waals surface area (Å²) in [5, 5.41) is 0. The van der Waals surface area contributed by atoms with Gasteiger partial charge in [0.25, 0.3) is 0 Å². The van der Waals surface area contributed by atoms with E-state index >= 15 is 0 Å². The first-order valence-corrected chi connectivity index (χ1v) is 9.06. The third kappa shape index (κ3) is 2.88. The van der Waals surface area contributed by atoms with E-state index < -0.39 is 6.10 Å². The molecule has 1 spiro atoms. The number of ketones is 1. The first kappa shape index (κ1) is 17.0. The van der Waals surface area contributed by atoms with Crippen LogP contribution in [0.2, 0.25) is 0 Å². The molecule has 2 saturated heterocycles. The SMILES string of the molecule is CO[C@@H]1C(=O)[C@H](C)C[C@]2(CO2)[C@H]1C1(C)O[C@@H]1CCOc1ccccc1. The Bertz CT molecular complexity index is 641. The van der Waals surface area contributed by atoms with Crippen LogP contribution in [0.1, 0.15) is 26.7 Å². The van der Waals surface area contributed by atoms with E-state index in [0.717, 1.165) is 18.6 Å². The van der Waals surface area contributed by atoms with Crippen molar-refractivity contribution in [3.05, 3.63) is 30.3 Å².